The third-order valence-electron chi connectivity index (χ3n) is 4.45. The molecule has 0 aromatic heterocycles. The Labute approximate surface area is 122 Å². The maximum atomic E-state index is 3.55. The smallest absolute Gasteiger partial charge is 0.0186 e. The van der Waals surface area contributed by atoms with Gasteiger partial charge in [-0.3, -0.25) is 0 Å². The highest BCUT2D eigenvalue weighted by Gasteiger charge is 2.24. The van der Waals surface area contributed by atoms with E-state index in [0.29, 0.717) is 6.04 Å². The van der Waals surface area contributed by atoms with E-state index in [2.05, 4.69) is 50.5 Å². The number of hydrogen-bond donors (Lipinski definition) is 1. The minimum Gasteiger partial charge on any atom is -0.316 e. The summed E-state index contributed by atoms with van der Waals surface area (Å²) in [6.45, 7) is 4.54. The third-order valence-corrected chi connectivity index (χ3v) is 5.58. The first-order chi connectivity index (χ1) is 9.19. The highest BCUT2D eigenvalue weighted by Crippen LogP contribution is 2.32. The molecule has 1 aliphatic carbocycles. The van der Waals surface area contributed by atoms with E-state index < -0.39 is 0 Å². The molecule has 1 fully saturated rings. The van der Waals surface area contributed by atoms with Crippen LogP contribution in [0.15, 0.2) is 29.2 Å². The van der Waals surface area contributed by atoms with Gasteiger partial charge in [0, 0.05) is 16.7 Å². The van der Waals surface area contributed by atoms with Crippen LogP contribution in [0.2, 0.25) is 0 Å². The minimum absolute atomic E-state index is 0.666. The summed E-state index contributed by atoms with van der Waals surface area (Å²) in [4.78, 5) is 1.40. The Balaban J connectivity index is 1.83. The van der Waals surface area contributed by atoms with Crippen LogP contribution in [-0.4, -0.2) is 18.8 Å². The fourth-order valence-corrected chi connectivity index (χ4v) is 4.10. The monoisotopic (exact) mass is 277 g/mol. The van der Waals surface area contributed by atoms with Crippen molar-refractivity contribution in [2.45, 2.75) is 50.5 Å². The van der Waals surface area contributed by atoms with Crippen molar-refractivity contribution in [3.63, 3.8) is 0 Å². The van der Waals surface area contributed by atoms with Gasteiger partial charge in [0.2, 0.25) is 0 Å². The Kier molecular flexibility index (Phi) is 5.77. The van der Waals surface area contributed by atoms with Crippen LogP contribution in [0.4, 0.5) is 0 Å². The molecular weight excluding hydrogens is 250 g/mol. The van der Waals surface area contributed by atoms with Gasteiger partial charge in [-0.1, -0.05) is 37.5 Å². The summed E-state index contributed by atoms with van der Waals surface area (Å²) in [5.74, 6) is 3.01. The Morgan fingerprint density at radius 2 is 1.79 bits per heavy atom. The number of nitrogens with one attached hydrogen (secondary N) is 1. The van der Waals surface area contributed by atoms with Gasteiger partial charge in [-0.15, -0.1) is 11.8 Å². The van der Waals surface area contributed by atoms with Gasteiger partial charge in [0.1, 0.15) is 0 Å². The molecule has 1 aromatic rings. The van der Waals surface area contributed by atoms with Gasteiger partial charge in [-0.2, -0.15) is 0 Å². The second-order valence-electron chi connectivity index (χ2n) is 6.04. The number of thioether (sulfide) groups is 1. The third kappa shape index (κ3) is 4.54. The van der Waals surface area contributed by atoms with Crippen LogP contribution in [0.3, 0.4) is 0 Å². The molecule has 1 aromatic carbocycles. The Bertz CT molecular complexity index is 365. The lowest BCUT2D eigenvalue weighted by Crippen LogP contribution is -2.37. The van der Waals surface area contributed by atoms with E-state index in [1.54, 1.807) is 0 Å². The van der Waals surface area contributed by atoms with Gasteiger partial charge in [0.25, 0.3) is 0 Å². The molecule has 0 aliphatic heterocycles. The summed E-state index contributed by atoms with van der Waals surface area (Å²) in [5.41, 5.74) is 1.34. The number of aryl methyl sites for hydroxylation is 1. The second kappa shape index (κ2) is 7.35. The Morgan fingerprint density at radius 3 is 2.37 bits per heavy atom. The summed E-state index contributed by atoms with van der Waals surface area (Å²) >= 11 is 1.99. The van der Waals surface area contributed by atoms with Crippen molar-refractivity contribution in [1.29, 1.82) is 0 Å². The van der Waals surface area contributed by atoms with Gasteiger partial charge < -0.3 is 5.32 Å². The topological polar surface area (TPSA) is 12.0 Å². The largest absolute Gasteiger partial charge is 0.316 e. The molecule has 106 valence electrons. The number of rotatable bonds is 5. The van der Waals surface area contributed by atoms with Crippen LogP contribution in [-0.2, 0) is 0 Å². The average molecular weight is 277 g/mol. The SMILES string of the molecule is CNC(CSc1ccc(C)cc1)C1CCC(C)CC1. The molecule has 1 aliphatic rings. The van der Waals surface area contributed by atoms with E-state index in [-0.39, 0.29) is 0 Å². The Hall–Kier alpha value is -0.470. The highest BCUT2D eigenvalue weighted by molar-refractivity contribution is 7.99. The fraction of sp³-hybridized carbons (Fsp3) is 0.647. The normalized spacial score (nSPS) is 25.2. The van der Waals surface area contributed by atoms with Crippen molar-refractivity contribution in [1.82, 2.24) is 5.32 Å². The van der Waals surface area contributed by atoms with Gasteiger partial charge in [-0.05, 0) is 50.8 Å². The zero-order valence-corrected chi connectivity index (χ0v) is 13.3. The lowest BCUT2D eigenvalue weighted by Gasteiger charge is -2.32. The van der Waals surface area contributed by atoms with Crippen LogP contribution >= 0.6 is 11.8 Å². The minimum atomic E-state index is 0.666. The molecule has 0 spiro atoms. The van der Waals surface area contributed by atoms with Crippen molar-refractivity contribution in [3.05, 3.63) is 29.8 Å². The van der Waals surface area contributed by atoms with Crippen LogP contribution in [0.1, 0.15) is 38.2 Å². The quantitative estimate of drug-likeness (QED) is 0.795. The molecule has 0 heterocycles. The summed E-state index contributed by atoms with van der Waals surface area (Å²) < 4.78 is 0. The summed E-state index contributed by atoms with van der Waals surface area (Å²) in [7, 11) is 2.12. The fourth-order valence-electron chi connectivity index (χ4n) is 2.96. The van der Waals surface area contributed by atoms with Crippen molar-refractivity contribution in [3.8, 4) is 0 Å². The van der Waals surface area contributed by atoms with Gasteiger partial charge >= 0.3 is 0 Å². The molecule has 1 saturated carbocycles. The van der Waals surface area contributed by atoms with E-state index in [4.69, 9.17) is 0 Å². The molecule has 2 heteroatoms. The van der Waals surface area contributed by atoms with Crippen LogP contribution in [0.5, 0.6) is 0 Å². The first kappa shape index (κ1) is 14.9. The predicted molar refractivity (Wildman–Crippen MR) is 85.9 cm³/mol. The molecule has 2 rings (SSSR count). The first-order valence-electron chi connectivity index (χ1n) is 7.55. The second-order valence-corrected chi connectivity index (χ2v) is 7.13. The molecule has 0 saturated heterocycles. The molecule has 1 N–H and O–H groups in total. The molecule has 0 radical (unpaired) electrons. The van der Waals surface area contributed by atoms with Gasteiger partial charge in [-0.25, -0.2) is 0 Å². The summed E-state index contributed by atoms with van der Waals surface area (Å²) in [6.07, 6.45) is 5.64. The lowest BCUT2D eigenvalue weighted by atomic mass is 9.80. The average Bonchev–Trinajstić information content (AvgIpc) is 2.43. The summed E-state index contributed by atoms with van der Waals surface area (Å²) in [5, 5.41) is 3.55. The van der Waals surface area contributed by atoms with E-state index >= 15 is 0 Å². The van der Waals surface area contributed by atoms with Crippen molar-refractivity contribution < 1.29 is 0 Å². The summed E-state index contributed by atoms with van der Waals surface area (Å²) in [6, 6.07) is 9.57. The molecule has 0 amide bonds. The molecule has 1 unspecified atom stereocenters. The van der Waals surface area contributed by atoms with Gasteiger partial charge in [0.15, 0.2) is 0 Å². The molecule has 1 nitrogen and oxygen atoms in total. The van der Waals surface area contributed by atoms with Crippen LogP contribution in [0, 0.1) is 18.8 Å². The van der Waals surface area contributed by atoms with E-state index in [9.17, 15) is 0 Å². The molecule has 0 bridgehead atoms. The van der Waals surface area contributed by atoms with E-state index in [1.165, 1.54) is 41.9 Å². The zero-order valence-electron chi connectivity index (χ0n) is 12.5. The zero-order chi connectivity index (χ0) is 13.7. The first-order valence-corrected chi connectivity index (χ1v) is 8.54. The maximum absolute atomic E-state index is 3.55. The van der Waals surface area contributed by atoms with Crippen LogP contribution < -0.4 is 5.32 Å². The highest BCUT2D eigenvalue weighted by atomic mass is 32.2. The molecule has 1 atom stereocenters. The predicted octanol–water partition coefficient (Wildman–Crippen LogP) is 4.50. The van der Waals surface area contributed by atoms with E-state index in [1.807, 2.05) is 11.8 Å². The molecular formula is C17H27NS. The molecule has 19 heavy (non-hydrogen) atoms. The van der Waals surface area contributed by atoms with Gasteiger partial charge in [0.05, 0.1) is 0 Å². The van der Waals surface area contributed by atoms with Crippen molar-refractivity contribution in [2.75, 3.05) is 12.8 Å². The Morgan fingerprint density at radius 1 is 1.16 bits per heavy atom. The van der Waals surface area contributed by atoms with Crippen molar-refractivity contribution in [2.24, 2.45) is 11.8 Å². The standard InChI is InChI=1S/C17H27NS/c1-13-4-8-15(9-5-13)17(18-3)12-19-16-10-6-14(2)7-11-16/h6-7,10-11,13,15,17-18H,4-5,8-9,12H2,1-3H3. The van der Waals surface area contributed by atoms with Crippen LogP contribution in [0.25, 0.3) is 0 Å². The lowest BCUT2D eigenvalue weighted by molar-refractivity contribution is 0.248. The van der Waals surface area contributed by atoms with Crippen molar-refractivity contribution >= 4 is 11.8 Å². The number of hydrogen-bond acceptors (Lipinski definition) is 2. The number of benzene rings is 1. The van der Waals surface area contributed by atoms with E-state index in [0.717, 1.165) is 11.8 Å². The maximum Gasteiger partial charge on any atom is 0.0186 e.